The fourth-order valence-corrected chi connectivity index (χ4v) is 6.28. The second-order valence-electron chi connectivity index (χ2n) is 7.84. The van der Waals surface area contributed by atoms with Crippen LogP contribution >= 0.6 is 11.3 Å². The summed E-state index contributed by atoms with van der Waals surface area (Å²) in [6, 6.07) is 12.9. The predicted octanol–water partition coefficient (Wildman–Crippen LogP) is 4.41. The SMILES string of the molecule is COC(=O)c1c(NC(=O)c2ccc(N(C)S(=O)(=O)c3ccc(C)cc3)cc2)sc2c1CCC2. The van der Waals surface area contributed by atoms with Crippen LogP contribution in [0.25, 0.3) is 0 Å². The van der Waals surface area contributed by atoms with Crippen molar-refractivity contribution in [1.82, 2.24) is 0 Å². The van der Waals surface area contributed by atoms with Crippen molar-refractivity contribution in [2.75, 3.05) is 23.8 Å². The molecule has 0 aliphatic heterocycles. The van der Waals surface area contributed by atoms with Gasteiger partial charge in [0.05, 0.1) is 23.3 Å². The third-order valence-corrected chi connectivity index (χ3v) is 8.72. The van der Waals surface area contributed by atoms with E-state index >= 15 is 0 Å². The summed E-state index contributed by atoms with van der Waals surface area (Å²) in [5, 5.41) is 3.31. The van der Waals surface area contributed by atoms with Crippen molar-refractivity contribution < 1.29 is 22.7 Å². The number of hydrogen-bond acceptors (Lipinski definition) is 6. The van der Waals surface area contributed by atoms with Gasteiger partial charge in [0.1, 0.15) is 5.00 Å². The number of anilines is 2. The van der Waals surface area contributed by atoms with Crippen molar-refractivity contribution >= 4 is 43.9 Å². The minimum absolute atomic E-state index is 0.193. The third kappa shape index (κ3) is 4.38. The molecule has 0 atom stereocenters. The van der Waals surface area contributed by atoms with E-state index in [4.69, 9.17) is 4.74 Å². The highest BCUT2D eigenvalue weighted by atomic mass is 32.2. The molecule has 172 valence electrons. The number of nitrogens with zero attached hydrogens (tertiary/aromatic N) is 1. The summed E-state index contributed by atoms with van der Waals surface area (Å²) in [5.74, 6) is -0.835. The Bertz CT molecular complexity index is 1310. The number of sulfonamides is 1. The summed E-state index contributed by atoms with van der Waals surface area (Å²) < 4.78 is 31.9. The van der Waals surface area contributed by atoms with Crippen LogP contribution in [0.1, 0.15) is 43.1 Å². The van der Waals surface area contributed by atoms with Crippen molar-refractivity contribution in [3.63, 3.8) is 0 Å². The summed E-state index contributed by atoms with van der Waals surface area (Å²) >= 11 is 1.40. The number of rotatable bonds is 6. The highest BCUT2D eigenvalue weighted by molar-refractivity contribution is 7.92. The van der Waals surface area contributed by atoms with Crippen LogP contribution in [0.5, 0.6) is 0 Å². The lowest BCUT2D eigenvalue weighted by Crippen LogP contribution is -2.26. The van der Waals surface area contributed by atoms with Crippen molar-refractivity contribution in [2.45, 2.75) is 31.1 Å². The first-order valence-electron chi connectivity index (χ1n) is 10.4. The molecule has 3 aromatic rings. The third-order valence-electron chi connectivity index (χ3n) is 5.71. The minimum atomic E-state index is -3.72. The lowest BCUT2D eigenvalue weighted by molar-refractivity contribution is 0.0601. The number of thiophene rings is 1. The quantitative estimate of drug-likeness (QED) is 0.523. The number of aryl methyl sites for hydroxylation is 2. The van der Waals surface area contributed by atoms with E-state index in [0.29, 0.717) is 21.8 Å². The predicted molar refractivity (Wildman–Crippen MR) is 129 cm³/mol. The van der Waals surface area contributed by atoms with E-state index in [1.54, 1.807) is 48.5 Å². The molecule has 1 aliphatic rings. The second-order valence-corrected chi connectivity index (χ2v) is 10.9. The Kier molecular flexibility index (Phi) is 6.27. The Morgan fingerprint density at radius 3 is 2.33 bits per heavy atom. The number of benzene rings is 2. The van der Waals surface area contributed by atoms with Crippen molar-refractivity contribution in [3.05, 3.63) is 75.7 Å². The number of carbonyl (C=O) groups is 2. The Hall–Kier alpha value is -3.17. The van der Waals surface area contributed by atoms with Gasteiger partial charge in [-0.25, -0.2) is 13.2 Å². The van der Waals surface area contributed by atoms with Crippen LogP contribution in [-0.4, -0.2) is 34.5 Å². The molecule has 0 spiro atoms. The van der Waals surface area contributed by atoms with Gasteiger partial charge in [0.2, 0.25) is 0 Å². The zero-order valence-corrected chi connectivity index (χ0v) is 20.2. The molecule has 33 heavy (non-hydrogen) atoms. The average Bonchev–Trinajstić information content (AvgIpc) is 3.39. The van der Waals surface area contributed by atoms with Crippen molar-refractivity contribution in [3.8, 4) is 0 Å². The van der Waals surface area contributed by atoms with Crippen LogP contribution in [0.2, 0.25) is 0 Å². The molecule has 1 heterocycles. The van der Waals surface area contributed by atoms with E-state index < -0.39 is 16.0 Å². The molecule has 1 aliphatic carbocycles. The number of ether oxygens (including phenoxy) is 1. The zero-order chi connectivity index (χ0) is 23.8. The molecule has 0 bridgehead atoms. The maximum Gasteiger partial charge on any atom is 0.341 e. The molecule has 1 N–H and O–H groups in total. The highest BCUT2D eigenvalue weighted by Crippen LogP contribution is 2.39. The molecule has 9 heteroatoms. The summed E-state index contributed by atoms with van der Waals surface area (Å²) in [7, 11) is -0.925. The number of methoxy groups -OCH3 is 1. The van der Waals surface area contributed by atoms with Crippen LogP contribution in [0.4, 0.5) is 10.7 Å². The van der Waals surface area contributed by atoms with Crippen LogP contribution in [0.15, 0.2) is 53.4 Å². The van der Waals surface area contributed by atoms with Gasteiger partial charge in [-0.2, -0.15) is 0 Å². The largest absolute Gasteiger partial charge is 0.465 e. The topological polar surface area (TPSA) is 92.8 Å². The minimum Gasteiger partial charge on any atom is -0.465 e. The highest BCUT2D eigenvalue weighted by Gasteiger charge is 2.28. The van der Waals surface area contributed by atoms with Crippen LogP contribution < -0.4 is 9.62 Å². The van der Waals surface area contributed by atoms with E-state index in [1.807, 2.05) is 6.92 Å². The molecule has 0 unspecified atom stereocenters. The first-order chi connectivity index (χ1) is 15.7. The first kappa shape index (κ1) is 23.0. The molecule has 0 saturated heterocycles. The maximum atomic E-state index is 12.9. The van der Waals surface area contributed by atoms with E-state index in [2.05, 4.69) is 5.32 Å². The monoisotopic (exact) mass is 484 g/mol. The lowest BCUT2D eigenvalue weighted by Gasteiger charge is -2.20. The molecule has 0 saturated carbocycles. The Morgan fingerprint density at radius 1 is 1.03 bits per heavy atom. The summed E-state index contributed by atoms with van der Waals surface area (Å²) in [4.78, 5) is 26.4. The van der Waals surface area contributed by atoms with E-state index in [0.717, 1.165) is 35.3 Å². The van der Waals surface area contributed by atoms with Gasteiger partial charge in [-0.1, -0.05) is 17.7 Å². The summed E-state index contributed by atoms with van der Waals surface area (Å²) in [6.07, 6.45) is 2.67. The molecule has 4 rings (SSSR count). The Labute approximate surface area is 197 Å². The lowest BCUT2D eigenvalue weighted by atomic mass is 10.1. The molecule has 1 aromatic heterocycles. The molecular weight excluding hydrogens is 460 g/mol. The fraction of sp³-hybridized carbons (Fsp3) is 0.250. The zero-order valence-electron chi connectivity index (χ0n) is 18.5. The normalized spacial score (nSPS) is 12.8. The number of esters is 1. The van der Waals surface area contributed by atoms with Crippen molar-refractivity contribution in [2.24, 2.45) is 0 Å². The number of hydrogen-bond donors (Lipinski definition) is 1. The molecule has 0 radical (unpaired) electrons. The molecule has 7 nitrogen and oxygen atoms in total. The van der Waals surface area contributed by atoms with Gasteiger partial charge in [0, 0.05) is 17.5 Å². The van der Waals surface area contributed by atoms with Crippen LogP contribution in [-0.2, 0) is 27.6 Å². The Morgan fingerprint density at radius 2 is 1.70 bits per heavy atom. The number of amides is 1. The number of carbonyl (C=O) groups excluding carboxylic acids is 2. The van der Waals surface area contributed by atoms with Crippen LogP contribution in [0, 0.1) is 6.92 Å². The van der Waals surface area contributed by atoms with Gasteiger partial charge in [-0.3, -0.25) is 9.10 Å². The molecule has 0 fully saturated rings. The standard InChI is InChI=1S/C24H24N2O5S2/c1-15-7-13-18(14-8-15)33(29,30)26(2)17-11-9-16(10-12-17)22(27)25-23-21(24(28)31-3)19-5-4-6-20(19)32-23/h7-14H,4-6H2,1-3H3,(H,25,27). The van der Waals surface area contributed by atoms with Gasteiger partial charge in [-0.05, 0) is 68.1 Å². The second kappa shape index (κ2) is 8.99. The van der Waals surface area contributed by atoms with Crippen molar-refractivity contribution in [1.29, 1.82) is 0 Å². The Balaban J connectivity index is 1.54. The molecule has 2 aromatic carbocycles. The van der Waals surface area contributed by atoms with Gasteiger partial charge in [0.15, 0.2) is 0 Å². The van der Waals surface area contributed by atoms with E-state index in [-0.39, 0.29) is 10.8 Å². The van der Waals surface area contributed by atoms with Gasteiger partial charge >= 0.3 is 5.97 Å². The molecular formula is C24H24N2O5S2. The van der Waals surface area contributed by atoms with Crippen LogP contribution in [0.3, 0.4) is 0 Å². The summed E-state index contributed by atoms with van der Waals surface area (Å²) in [5.41, 5.74) is 3.14. The van der Waals surface area contributed by atoms with Gasteiger partial charge < -0.3 is 10.1 Å². The van der Waals surface area contributed by atoms with E-state index in [1.165, 1.54) is 29.8 Å². The molecule has 1 amide bonds. The van der Waals surface area contributed by atoms with Gasteiger partial charge in [-0.15, -0.1) is 11.3 Å². The van der Waals surface area contributed by atoms with Gasteiger partial charge in [0.25, 0.3) is 15.9 Å². The number of nitrogens with one attached hydrogen (secondary N) is 1. The maximum absolute atomic E-state index is 12.9. The number of fused-ring (bicyclic) bond motifs is 1. The first-order valence-corrected chi connectivity index (χ1v) is 12.7. The fourth-order valence-electron chi connectivity index (χ4n) is 3.82. The average molecular weight is 485 g/mol. The smallest absolute Gasteiger partial charge is 0.341 e. The summed E-state index contributed by atoms with van der Waals surface area (Å²) in [6.45, 7) is 1.89. The van der Waals surface area contributed by atoms with E-state index in [9.17, 15) is 18.0 Å².